The van der Waals surface area contributed by atoms with Gasteiger partial charge in [0.05, 0.1) is 6.61 Å². The molecule has 134 valence electrons. The fourth-order valence-corrected chi connectivity index (χ4v) is 2.21. The van der Waals surface area contributed by atoms with Crippen LogP contribution in [0.3, 0.4) is 0 Å². The predicted molar refractivity (Wildman–Crippen MR) is 78.8 cm³/mol. The minimum absolute atomic E-state index is 0.0440. The van der Waals surface area contributed by atoms with Crippen molar-refractivity contribution in [2.75, 3.05) is 6.61 Å². The van der Waals surface area contributed by atoms with Crippen LogP contribution in [0.5, 0.6) is 0 Å². The Morgan fingerprint density at radius 2 is 1.84 bits per heavy atom. The summed E-state index contributed by atoms with van der Waals surface area (Å²) in [5.74, 6) is -4.65. The number of hydrogen-bond donors (Lipinski definition) is 1. The number of ether oxygens (including phenoxy) is 3. The van der Waals surface area contributed by atoms with Gasteiger partial charge in [-0.2, -0.15) is 0 Å². The average molecular weight is 355 g/mol. The molecule has 0 bridgehead atoms. The first-order valence-corrected chi connectivity index (χ1v) is 7.24. The van der Waals surface area contributed by atoms with E-state index in [2.05, 4.69) is 10.1 Å². The smallest absolute Gasteiger partial charge is 0.414 e. The lowest BCUT2D eigenvalue weighted by Crippen LogP contribution is -2.33. The molecule has 1 amide bonds. The second kappa shape index (κ2) is 6.88. The Bertz CT molecular complexity index is 756. The third-order valence-corrected chi connectivity index (χ3v) is 3.30. The van der Waals surface area contributed by atoms with Crippen LogP contribution in [0.1, 0.15) is 26.3 Å². The van der Waals surface area contributed by atoms with Crippen LogP contribution in [-0.2, 0) is 29.4 Å². The lowest BCUT2D eigenvalue weighted by molar-refractivity contribution is -0.142. The number of alkyl carbamates (subject to hydrolysis) is 1. The number of benzene rings is 1. The van der Waals surface area contributed by atoms with Crippen molar-refractivity contribution < 1.29 is 37.4 Å². The number of rotatable bonds is 4. The molecular formula is C16H15F2NO6. The molecule has 0 fully saturated rings. The van der Waals surface area contributed by atoms with Crippen LogP contribution < -0.4 is 5.32 Å². The molecular weight excluding hydrogens is 340 g/mol. The maximum absolute atomic E-state index is 13.5. The van der Waals surface area contributed by atoms with Gasteiger partial charge < -0.3 is 14.2 Å². The van der Waals surface area contributed by atoms with E-state index in [0.717, 1.165) is 19.1 Å². The molecule has 0 aromatic heterocycles. The van der Waals surface area contributed by atoms with E-state index in [-0.39, 0.29) is 12.2 Å². The van der Waals surface area contributed by atoms with E-state index in [9.17, 15) is 23.2 Å². The minimum atomic E-state index is -1.90. The maximum Gasteiger partial charge on any atom is 0.414 e. The van der Waals surface area contributed by atoms with Gasteiger partial charge in [-0.25, -0.2) is 13.6 Å². The zero-order valence-corrected chi connectivity index (χ0v) is 13.6. The number of esters is 1. The molecule has 0 spiro atoms. The number of nitrogens with one attached hydrogen (secondary N) is 1. The highest BCUT2D eigenvalue weighted by atomic mass is 19.1. The van der Waals surface area contributed by atoms with Crippen molar-refractivity contribution in [2.24, 2.45) is 0 Å². The van der Waals surface area contributed by atoms with E-state index >= 15 is 0 Å². The number of hydrogen-bond acceptors (Lipinski definition) is 6. The molecule has 1 aromatic rings. The number of Topliss-reactive ketones (excluding diaryl/α,β-unsaturated/α-hetero) is 1. The van der Waals surface area contributed by atoms with Gasteiger partial charge in [0, 0.05) is 18.6 Å². The van der Waals surface area contributed by atoms with Gasteiger partial charge in [0.2, 0.25) is 11.6 Å². The lowest BCUT2D eigenvalue weighted by atomic mass is 9.91. The van der Waals surface area contributed by atoms with Gasteiger partial charge >= 0.3 is 12.1 Å². The van der Waals surface area contributed by atoms with Gasteiger partial charge in [-0.05, 0) is 26.0 Å². The molecule has 1 heterocycles. The summed E-state index contributed by atoms with van der Waals surface area (Å²) in [4.78, 5) is 35.4. The monoisotopic (exact) mass is 355 g/mol. The first-order chi connectivity index (χ1) is 11.7. The predicted octanol–water partition coefficient (Wildman–Crippen LogP) is 2.26. The SMILES string of the molecule is CCOC(=O)NC1=C(OC(C)=O)C(=O)C(C)(c2cc(F)cc(F)c2)O1. The molecule has 0 saturated heterocycles. The molecule has 1 unspecified atom stereocenters. The second-order valence-electron chi connectivity index (χ2n) is 5.22. The summed E-state index contributed by atoms with van der Waals surface area (Å²) in [5.41, 5.74) is -2.05. The molecule has 25 heavy (non-hydrogen) atoms. The van der Waals surface area contributed by atoms with Crippen LogP contribution in [-0.4, -0.2) is 24.5 Å². The van der Waals surface area contributed by atoms with Crippen molar-refractivity contribution in [2.45, 2.75) is 26.4 Å². The second-order valence-corrected chi connectivity index (χ2v) is 5.22. The maximum atomic E-state index is 13.5. The van der Waals surface area contributed by atoms with Gasteiger partial charge in [-0.3, -0.25) is 14.9 Å². The van der Waals surface area contributed by atoms with Gasteiger partial charge in [0.15, 0.2) is 5.60 Å². The number of carbonyl (C=O) groups is 3. The summed E-state index contributed by atoms with van der Waals surface area (Å²) in [6.45, 7) is 3.87. The molecule has 1 atom stereocenters. The molecule has 7 nitrogen and oxygen atoms in total. The number of carbonyl (C=O) groups excluding carboxylic acids is 3. The Kier molecular flexibility index (Phi) is 5.05. The van der Waals surface area contributed by atoms with Crippen molar-refractivity contribution >= 4 is 17.8 Å². The van der Waals surface area contributed by atoms with Crippen molar-refractivity contribution in [3.63, 3.8) is 0 Å². The molecule has 0 aliphatic carbocycles. The van der Waals surface area contributed by atoms with E-state index in [1.165, 1.54) is 6.92 Å². The van der Waals surface area contributed by atoms with E-state index in [1.54, 1.807) is 6.92 Å². The number of halogens is 2. The Hall–Kier alpha value is -2.97. The summed E-state index contributed by atoms with van der Waals surface area (Å²) < 4.78 is 41.9. The quantitative estimate of drug-likeness (QED) is 0.833. The third kappa shape index (κ3) is 3.76. The zero-order valence-electron chi connectivity index (χ0n) is 13.6. The van der Waals surface area contributed by atoms with Crippen LogP contribution in [0.4, 0.5) is 13.6 Å². The molecule has 9 heteroatoms. The third-order valence-electron chi connectivity index (χ3n) is 3.30. The van der Waals surface area contributed by atoms with Crippen molar-refractivity contribution in [3.8, 4) is 0 Å². The summed E-state index contributed by atoms with van der Waals surface area (Å²) >= 11 is 0. The van der Waals surface area contributed by atoms with Crippen LogP contribution in [0.25, 0.3) is 0 Å². The molecule has 1 aliphatic rings. The first kappa shape index (κ1) is 18.4. The van der Waals surface area contributed by atoms with Crippen molar-refractivity contribution in [1.29, 1.82) is 0 Å². The summed E-state index contributed by atoms with van der Waals surface area (Å²) in [6, 6.07) is 2.43. The summed E-state index contributed by atoms with van der Waals surface area (Å²) in [6.07, 6.45) is -0.954. The van der Waals surface area contributed by atoms with Crippen LogP contribution in [0, 0.1) is 11.6 Å². The van der Waals surface area contributed by atoms with Crippen LogP contribution in [0.15, 0.2) is 29.8 Å². The number of amides is 1. The van der Waals surface area contributed by atoms with Crippen molar-refractivity contribution in [1.82, 2.24) is 5.32 Å². The van der Waals surface area contributed by atoms with E-state index in [0.29, 0.717) is 6.07 Å². The zero-order chi connectivity index (χ0) is 18.8. The highest BCUT2D eigenvalue weighted by Gasteiger charge is 2.50. The normalized spacial score (nSPS) is 19.5. The van der Waals surface area contributed by atoms with E-state index in [4.69, 9.17) is 9.47 Å². The Morgan fingerprint density at radius 1 is 1.24 bits per heavy atom. The van der Waals surface area contributed by atoms with Crippen LogP contribution in [0.2, 0.25) is 0 Å². The highest BCUT2D eigenvalue weighted by Crippen LogP contribution is 2.38. The lowest BCUT2D eigenvalue weighted by Gasteiger charge is -2.23. The summed E-state index contributed by atoms with van der Waals surface area (Å²) in [5, 5.41) is 2.13. The molecule has 2 rings (SSSR count). The Morgan fingerprint density at radius 3 is 2.36 bits per heavy atom. The highest BCUT2D eigenvalue weighted by molar-refractivity contribution is 6.04. The first-order valence-electron chi connectivity index (χ1n) is 7.24. The standard InChI is InChI=1S/C16H15F2NO6/c1-4-23-15(22)19-14-12(24-8(2)20)13(21)16(3,25-14)9-5-10(17)7-11(18)6-9/h5-7H,4H2,1-3H3,(H,19,22). The van der Waals surface area contributed by atoms with Gasteiger partial charge in [0.25, 0.3) is 5.78 Å². The molecule has 1 aromatic carbocycles. The molecule has 0 radical (unpaired) electrons. The molecule has 0 saturated carbocycles. The number of ketones is 1. The summed E-state index contributed by atoms with van der Waals surface area (Å²) in [7, 11) is 0. The van der Waals surface area contributed by atoms with Crippen molar-refractivity contribution in [3.05, 3.63) is 47.0 Å². The van der Waals surface area contributed by atoms with Gasteiger partial charge in [0.1, 0.15) is 11.6 Å². The largest absolute Gasteiger partial charge is 0.456 e. The fraction of sp³-hybridized carbons (Fsp3) is 0.312. The fourth-order valence-electron chi connectivity index (χ4n) is 2.21. The van der Waals surface area contributed by atoms with Gasteiger partial charge in [-0.1, -0.05) is 0 Å². The van der Waals surface area contributed by atoms with Crippen LogP contribution >= 0.6 is 0 Å². The Labute approximate surface area is 141 Å². The van der Waals surface area contributed by atoms with E-state index < -0.39 is 46.7 Å². The van der Waals surface area contributed by atoms with E-state index in [1.807, 2.05) is 0 Å². The topological polar surface area (TPSA) is 90.9 Å². The molecule has 1 aliphatic heterocycles. The minimum Gasteiger partial charge on any atom is -0.456 e. The Balaban J connectivity index is 2.43. The average Bonchev–Trinajstić information content (AvgIpc) is 2.72. The molecule has 1 N–H and O–H groups in total. The van der Waals surface area contributed by atoms with Gasteiger partial charge in [-0.15, -0.1) is 0 Å².